The first kappa shape index (κ1) is 19.2. The van der Waals surface area contributed by atoms with Crippen molar-refractivity contribution in [3.63, 3.8) is 0 Å². The number of rotatable bonds is 3. The summed E-state index contributed by atoms with van der Waals surface area (Å²) >= 11 is 0. The van der Waals surface area contributed by atoms with Crippen LogP contribution in [0.25, 0.3) is 0 Å². The summed E-state index contributed by atoms with van der Waals surface area (Å²) in [5, 5.41) is 0. The number of carbonyl (C=O) groups excluding carboxylic acids is 3. The molecule has 1 aromatic carbocycles. The third kappa shape index (κ3) is 3.50. The lowest BCUT2D eigenvalue weighted by atomic mass is 9.85. The molecule has 0 saturated carbocycles. The van der Waals surface area contributed by atoms with Crippen LogP contribution in [-0.2, 0) is 26.2 Å². The monoisotopic (exact) mass is 373 g/mol. The lowest BCUT2D eigenvalue weighted by Crippen LogP contribution is -2.51. The third-order valence-corrected chi connectivity index (χ3v) is 5.45. The number of likely N-dealkylation sites (N-methyl/N-ethyl adjacent to an activating group) is 1. The molecule has 0 N–H and O–H groups in total. The molecule has 0 unspecified atom stereocenters. The number of fused-ring (bicyclic) bond motifs is 1. The molecule has 0 aliphatic carbocycles. The molecule has 0 atom stereocenters. The second-order valence-electron chi connectivity index (χ2n) is 7.58. The molecule has 2 aliphatic rings. The number of amides is 3. The van der Waals surface area contributed by atoms with Crippen LogP contribution in [0.3, 0.4) is 0 Å². The Kier molecular flexibility index (Phi) is 5.13. The van der Waals surface area contributed by atoms with E-state index in [1.165, 1.54) is 0 Å². The van der Waals surface area contributed by atoms with Crippen molar-refractivity contribution in [1.29, 1.82) is 0 Å². The van der Waals surface area contributed by atoms with Gasteiger partial charge in [0.15, 0.2) is 0 Å². The van der Waals surface area contributed by atoms with Crippen molar-refractivity contribution < 1.29 is 19.1 Å². The molecule has 1 aromatic rings. The molecular weight excluding hydrogens is 346 g/mol. The van der Waals surface area contributed by atoms with E-state index in [9.17, 15) is 14.4 Å². The fourth-order valence-corrected chi connectivity index (χ4v) is 3.77. The molecule has 146 valence electrons. The highest BCUT2D eigenvalue weighted by Crippen LogP contribution is 2.41. The molecule has 27 heavy (non-hydrogen) atoms. The topological polar surface area (TPSA) is 70.2 Å². The molecular formula is C20H27N3O4. The van der Waals surface area contributed by atoms with Gasteiger partial charge in [0, 0.05) is 38.9 Å². The van der Waals surface area contributed by atoms with Crippen LogP contribution >= 0.6 is 0 Å². The van der Waals surface area contributed by atoms with E-state index in [1.807, 2.05) is 32.0 Å². The fraction of sp³-hybridized carbons (Fsp3) is 0.550. The number of nitrogens with zero attached hydrogens (tertiary/aromatic N) is 3. The normalized spacial score (nSPS) is 18.5. The van der Waals surface area contributed by atoms with Crippen molar-refractivity contribution >= 4 is 23.6 Å². The Labute approximate surface area is 159 Å². The summed E-state index contributed by atoms with van der Waals surface area (Å²) < 4.78 is 5.00. The van der Waals surface area contributed by atoms with Crippen LogP contribution in [-0.4, -0.2) is 67.5 Å². The molecule has 7 heteroatoms. The first-order valence-electron chi connectivity index (χ1n) is 9.36. The summed E-state index contributed by atoms with van der Waals surface area (Å²) in [5.41, 5.74) is 2.20. The van der Waals surface area contributed by atoms with E-state index < -0.39 is 5.41 Å². The molecule has 2 aliphatic heterocycles. The minimum absolute atomic E-state index is 0.0361. The summed E-state index contributed by atoms with van der Waals surface area (Å²) in [6.07, 6.45) is -0.0278. The molecule has 3 amide bonds. The van der Waals surface area contributed by atoms with Crippen molar-refractivity contribution in [2.24, 2.45) is 0 Å². The van der Waals surface area contributed by atoms with Crippen molar-refractivity contribution in [2.75, 3.05) is 44.7 Å². The highest BCUT2D eigenvalue weighted by atomic mass is 16.6. The summed E-state index contributed by atoms with van der Waals surface area (Å²) in [7, 11) is 1.78. The zero-order valence-corrected chi connectivity index (χ0v) is 16.4. The quantitative estimate of drug-likeness (QED) is 0.810. The van der Waals surface area contributed by atoms with Crippen LogP contribution in [0, 0.1) is 0 Å². The second kappa shape index (κ2) is 7.21. The van der Waals surface area contributed by atoms with Gasteiger partial charge in [-0.25, -0.2) is 4.79 Å². The Balaban J connectivity index is 1.64. The first-order valence-corrected chi connectivity index (χ1v) is 9.36. The number of hydrogen-bond acceptors (Lipinski definition) is 4. The van der Waals surface area contributed by atoms with E-state index in [0.29, 0.717) is 39.2 Å². The van der Waals surface area contributed by atoms with Crippen LogP contribution in [0.1, 0.15) is 31.9 Å². The maximum atomic E-state index is 12.7. The minimum Gasteiger partial charge on any atom is -0.450 e. The van der Waals surface area contributed by atoms with Gasteiger partial charge in [0.2, 0.25) is 11.8 Å². The van der Waals surface area contributed by atoms with Crippen molar-refractivity contribution in [3.05, 3.63) is 29.3 Å². The van der Waals surface area contributed by atoms with Crippen molar-refractivity contribution in [2.45, 2.75) is 32.6 Å². The van der Waals surface area contributed by atoms with Gasteiger partial charge in [-0.05, 0) is 38.0 Å². The van der Waals surface area contributed by atoms with E-state index >= 15 is 0 Å². The smallest absolute Gasteiger partial charge is 0.409 e. The molecule has 3 rings (SSSR count). The summed E-state index contributed by atoms with van der Waals surface area (Å²) in [6, 6.07) is 5.81. The Hall–Kier alpha value is -2.57. The molecule has 7 nitrogen and oxygen atoms in total. The van der Waals surface area contributed by atoms with Crippen LogP contribution in [0.2, 0.25) is 0 Å². The molecule has 2 heterocycles. The first-order chi connectivity index (χ1) is 12.8. The molecule has 1 saturated heterocycles. The van der Waals surface area contributed by atoms with Gasteiger partial charge in [-0.3, -0.25) is 9.59 Å². The number of hydrogen-bond donors (Lipinski definition) is 0. The summed E-state index contributed by atoms with van der Waals surface area (Å²) in [6.45, 7) is 7.95. The van der Waals surface area contributed by atoms with E-state index in [0.717, 1.165) is 16.8 Å². The molecule has 0 aromatic heterocycles. The lowest BCUT2D eigenvalue weighted by Gasteiger charge is -2.34. The predicted octanol–water partition coefficient (Wildman–Crippen LogP) is 1.78. The van der Waals surface area contributed by atoms with Gasteiger partial charge in [0.1, 0.15) is 0 Å². The minimum atomic E-state index is -0.575. The zero-order valence-electron chi connectivity index (χ0n) is 16.4. The SMILES string of the molecule is CCOC(=O)N1CCN(C(=O)Cc2ccc3c(c2)C(C)(C)C(=O)N3C)CC1. The van der Waals surface area contributed by atoms with E-state index in [-0.39, 0.29) is 17.9 Å². The van der Waals surface area contributed by atoms with Gasteiger partial charge in [-0.15, -0.1) is 0 Å². The number of carbonyl (C=O) groups is 3. The molecule has 0 spiro atoms. The second-order valence-corrected chi connectivity index (χ2v) is 7.58. The fourth-order valence-electron chi connectivity index (χ4n) is 3.77. The maximum absolute atomic E-state index is 12.7. The van der Waals surface area contributed by atoms with Gasteiger partial charge in [0.05, 0.1) is 18.4 Å². The van der Waals surface area contributed by atoms with E-state index in [1.54, 1.807) is 28.7 Å². The Bertz CT molecular complexity index is 766. The molecule has 0 bridgehead atoms. The van der Waals surface area contributed by atoms with Gasteiger partial charge in [0.25, 0.3) is 0 Å². The van der Waals surface area contributed by atoms with Crippen molar-refractivity contribution in [3.8, 4) is 0 Å². The Morgan fingerprint density at radius 2 is 1.74 bits per heavy atom. The number of benzene rings is 1. The highest BCUT2D eigenvalue weighted by Gasteiger charge is 2.42. The standard InChI is InChI=1S/C20H27N3O4/c1-5-27-19(26)23-10-8-22(9-11-23)17(24)13-14-6-7-16-15(12-14)20(2,3)18(25)21(16)4/h6-7,12H,5,8-11,13H2,1-4H3. The van der Waals surface area contributed by atoms with Crippen molar-refractivity contribution in [1.82, 2.24) is 9.80 Å². The number of ether oxygens (including phenoxy) is 1. The van der Waals surface area contributed by atoms with Gasteiger partial charge in [-0.1, -0.05) is 12.1 Å². The average molecular weight is 373 g/mol. The lowest BCUT2D eigenvalue weighted by molar-refractivity contribution is -0.132. The summed E-state index contributed by atoms with van der Waals surface area (Å²) in [5.74, 6) is 0.102. The average Bonchev–Trinajstić information content (AvgIpc) is 2.82. The van der Waals surface area contributed by atoms with Crippen LogP contribution < -0.4 is 4.90 Å². The molecule has 0 radical (unpaired) electrons. The number of anilines is 1. The van der Waals surface area contributed by atoms with Crippen LogP contribution in [0.5, 0.6) is 0 Å². The Morgan fingerprint density at radius 3 is 2.37 bits per heavy atom. The zero-order chi connectivity index (χ0) is 19.8. The number of piperazine rings is 1. The van der Waals surface area contributed by atoms with Gasteiger partial charge in [-0.2, -0.15) is 0 Å². The maximum Gasteiger partial charge on any atom is 0.409 e. The van der Waals surface area contributed by atoms with Gasteiger partial charge < -0.3 is 19.4 Å². The van der Waals surface area contributed by atoms with Crippen LogP contribution in [0.4, 0.5) is 10.5 Å². The van der Waals surface area contributed by atoms with E-state index in [4.69, 9.17) is 4.74 Å². The highest BCUT2D eigenvalue weighted by molar-refractivity contribution is 6.07. The summed E-state index contributed by atoms with van der Waals surface area (Å²) in [4.78, 5) is 41.9. The van der Waals surface area contributed by atoms with E-state index in [2.05, 4.69) is 0 Å². The molecule has 1 fully saturated rings. The predicted molar refractivity (Wildman–Crippen MR) is 102 cm³/mol. The Morgan fingerprint density at radius 1 is 1.11 bits per heavy atom. The third-order valence-electron chi connectivity index (χ3n) is 5.45. The van der Waals surface area contributed by atoms with Gasteiger partial charge >= 0.3 is 6.09 Å². The van der Waals surface area contributed by atoms with Crippen LogP contribution in [0.15, 0.2) is 18.2 Å². The largest absolute Gasteiger partial charge is 0.450 e.